The Kier molecular flexibility index (Phi) is 8.81. The quantitative estimate of drug-likeness (QED) is 0.387. The number of amides is 1. The summed E-state index contributed by atoms with van der Waals surface area (Å²) in [5, 5.41) is 0.685. The van der Waals surface area contributed by atoms with Gasteiger partial charge in [-0.15, -0.1) is 0 Å². The third kappa shape index (κ3) is 6.40. The average molecular weight is 554 g/mol. The minimum absolute atomic E-state index is 0.175. The number of hydrogen-bond acceptors (Lipinski definition) is 4. The van der Waals surface area contributed by atoms with E-state index in [0.29, 0.717) is 53.6 Å². The minimum Gasteiger partial charge on any atom is -0.368 e. The molecule has 1 aliphatic heterocycles. The highest BCUT2D eigenvalue weighted by molar-refractivity contribution is 7.89. The molecule has 1 amide bonds. The van der Waals surface area contributed by atoms with Gasteiger partial charge in [-0.1, -0.05) is 65.7 Å². The van der Waals surface area contributed by atoms with Crippen molar-refractivity contribution in [2.45, 2.75) is 39.0 Å². The Morgan fingerprint density at radius 3 is 2.13 bits per heavy atom. The van der Waals surface area contributed by atoms with Crippen molar-refractivity contribution < 1.29 is 13.2 Å². The number of hydrogen-bond donors (Lipinski definition) is 0. The molecule has 0 atom stereocenters. The lowest BCUT2D eigenvalue weighted by Crippen LogP contribution is -2.52. The zero-order valence-electron chi connectivity index (χ0n) is 22.6. The van der Waals surface area contributed by atoms with Gasteiger partial charge in [0.2, 0.25) is 15.9 Å². The molecule has 1 fully saturated rings. The lowest BCUT2D eigenvalue weighted by molar-refractivity contribution is -0.131. The molecule has 0 spiro atoms. The summed E-state index contributed by atoms with van der Waals surface area (Å²) in [4.78, 5) is 17.8. The molecule has 202 valence electrons. The Hall–Kier alpha value is -2.87. The maximum Gasteiger partial charge on any atom is 0.244 e. The topological polar surface area (TPSA) is 60.9 Å². The molecular formula is C30H36ClN3O3S. The maximum absolute atomic E-state index is 14.0. The maximum atomic E-state index is 14.0. The molecule has 0 aliphatic carbocycles. The number of carbonyl (C=O) groups is 1. The molecule has 8 heteroatoms. The van der Waals surface area contributed by atoms with E-state index in [2.05, 4.69) is 4.90 Å². The standard InChI is InChI=1S/C30H36ClN3O3S/c1-22-18-24(3)30(25(4)19-22)38(36,37)34(13-12-26-8-6-5-7-9-26)21-29(35)33-16-14-32(15-17-33)28-20-27(31)11-10-23(28)2/h5-11,18-20H,12-17,21H2,1-4H3. The fraction of sp³-hybridized carbons (Fsp3) is 0.367. The molecule has 38 heavy (non-hydrogen) atoms. The molecule has 6 nitrogen and oxygen atoms in total. The first-order chi connectivity index (χ1) is 18.1. The fourth-order valence-corrected chi connectivity index (χ4v) is 7.22. The Morgan fingerprint density at radius 1 is 0.868 bits per heavy atom. The van der Waals surface area contributed by atoms with E-state index in [0.717, 1.165) is 22.4 Å². The van der Waals surface area contributed by atoms with Crippen LogP contribution in [0, 0.1) is 27.7 Å². The van der Waals surface area contributed by atoms with Gasteiger partial charge in [0.1, 0.15) is 0 Å². The summed E-state index contributed by atoms with van der Waals surface area (Å²) in [5.41, 5.74) is 5.65. The lowest BCUT2D eigenvalue weighted by Gasteiger charge is -2.37. The zero-order valence-corrected chi connectivity index (χ0v) is 24.1. The molecule has 1 aliphatic rings. The van der Waals surface area contributed by atoms with Gasteiger partial charge in [0.25, 0.3) is 0 Å². The highest BCUT2D eigenvalue weighted by Crippen LogP contribution is 2.27. The second kappa shape index (κ2) is 11.9. The molecule has 3 aromatic carbocycles. The van der Waals surface area contributed by atoms with Crippen LogP contribution >= 0.6 is 11.6 Å². The van der Waals surface area contributed by atoms with E-state index in [-0.39, 0.29) is 19.0 Å². The molecule has 4 rings (SSSR count). The molecule has 0 aromatic heterocycles. The number of halogens is 1. The molecule has 1 heterocycles. The Balaban J connectivity index is 1.52. The number of piperazine rings is 1. The third-order valence-corrected chi connectivity index (χ3v) is 9.54. The van der Waals surface area contributed by atoms with Crippen LogP contribution in [0.1, 0.15) is 27.8 Å². The smallest absolute Gasteiger partial charge is 0.244 e. The van der Waals surface area contributed by atoms with Gasteiger partial charge in [-0.3, -0.25) is 4.79 Å². The van der Waals surface area contributed by atoms with Crippen molar-refractivity contribution in [3.8, 4) is 0 Å². The van der Waals surface area contributed by atoms with E-state index in [1.807, 2.05) is 88.4 Å². The normalized spacial score (nSPS) is 14.3. The number of aryl methyl sites for hydroxylation is 4. The van der Waals surface area contributed by atoms with E-state index in [1.54, 1.807) is 4.90 Å². The van der Waals surface area contributed by atoms with Gasteiger partial charge in [0.15, 0.2) is 0 Å². The number of carbonyl (C=O) groups excluding carboxylic acids is 1. The summed E-state index contributed by atoms with van der Waals surface area (Å²) in [6, 6.07) is 19.4. The first-order valence-electron chi connectivity index (χ1n) is 13.0. The highest BCUT2D eigenvalue weighted by atomic mass is 35.5. The van der Waals surface area contributed by atoms with E-state index in [1.165, 1.54) is 4.31 Å². The van der Waals surface area contributed by atoms with Crippen molar-refractivity contribution in [2.75, 3.05) is 44.2 Å². The van der Waals surface area contributed by atoms with Crippen molar-refractivity contribution in [3.63, 3.8) is 0 Å². The number of nitrogens with zero attached hydrogens (tertiary/aromatic N) is 3. The van der Waals surface area contributed by atoms with Crippen LogP contribution in [0.2, 0.25) is 5.02 Å². The second-order valence-electron chi connectivity index (χ2n) is 10.1. The highest BCUT2D eigenvalue weighted by Gasteiger charge is 2.32. The molecule has 0 saturated carbocycles. The summed E-state index contributed by atoms with van der Waals surface area (Å²) < 4.78 is 29.3. The van der Waals surface area contributed by atoms with Crippen LogP contribution < -0.4 is 4.90 Å². The first kappa shape index (κ1) is 28.1. The predicted octanol–water partition coefficient (Wildman–Crippen LogP) is 5.16. The third-order valence-electron chi connectivity index (χ3n) is 7.15. The summed E-state index contributed by atoms with van der Waals surface area (Å²) in [7, 11) is -3.89. The van der Waals surface area contributed by atoms with Gasteiger partial charge in [-0.2, -0.15) is 4.31 Å². The molecule has 0 N–H and O–H groups in total. The van der Waals surface area contributed by atoms with E-state index in [9.17, 15) is 13.2 Å². The van der Waals surface area contributed by atoms with Crippen LogP contribution in [0.4, 0.5) is 5.69 Å². The summed E-state index contributed by atoms with van der Waals surface area (Å²) >= 11 is 6.22. The van der Waals surface area contributed by atoms with Crippen LogP contribution in [0.3, 0.4) is 0 Å². The Morgan fingerprint density at radius 2 is 1.50 bits per heavy atom. The number of sulfonamides is 1. The zero-order chi connectivity index (χ0) is 27.4. The monoisotopic (exact) mass is 553 g/mol. The Labute approximate surface area is 231 Å². The SMILES string of the molecule is Cc1cc(C)c(S(=O)(=O)N(CCc2ccccc2)CC(=O)N2CCN(c3cc(Cl)ccc3C)CC2)c(C)c1. The van der Waals surface area contributed by atoms with Crippen LogP contribution in [0.25, 0.3) is 0 Å². The van der Waals surface area contributed by atoms with Gasteiger partial charge in [-0.25, -0.2) is 8.42 Å². The van der Waals surface area contributed by atoms with Crippen molar-refractivity contribution in [1.29, 1.82) is 0 Å². The van der Waals surface area contributed by atoms with Crippen LogP contribution in [-0.2, 0) is 21.2 Å². The Bertz CT molecular complexity index is 1380. The van der Waals surface area contributed by atoms with Crippen molar-refractivity contribution in [1.82, 2.24) is 9.21 Å². The predicted molar refractivity (Wildman–Crippen MR) is 155 cm³/mol. The summed E-state index contributed by atoms with van der Waals surface area (Å²) in [6.45, 7) is 10.1. The van der Waals surface area contributed by atoms with Crippen molar-refractivity contribution >= 4 is 33.2 Å². The van der Waals surface area contributed by atoms with Gasteiger partial charge in [0, 0.05) is 43.4 Å². The largest absolute Gasteiger partial charge is 0.368 e. The molecule has 0 unspecified atom stereocenters. The van der Waals surface area contributed by atoms with Gasteiger partial charge < -0.3 is 9.80 Å². The van der Waals surface area contributed by atoms with Crippen LogP contribution in [-0.4, -0.2) is 62.8 Å². The molecule has 1 saturated heterocycles. The van der Waals surface area contributed by atoms with Gasteiger partial charge in [-0.05, 0) is 68.5 Å². The van der Waals surface area contributed by atoms with Crippen molar-refractivity contribution in [3.05, 3.63) is 93.5 Å². The van der Waals surface area contributed by atoms with Gasteiger partial charge >= 0.3 is 0 Å². The first-order valence-corrected chi connectivity index (χ1v) is 14.8. The number of anilines is 1. The number of rotatable bonds is 8. The molecule has 3 aromatic rings. The second-order valence-corrected chi connectivity index (χ2v) is 12.4. The average Bonchev–Trinajstić information content (AvgIpc) is 2.87. The summed E-state index contributed by atoms with van der Waals surface area (Å²) in [5.74, 6) is -0.175. The van der Waals surface area contributed by atoms with E-state index >= 15 is 0 Å². The van der Waals surface area contributed by atoms with Crippen LogP contribution in [0.15, 0.2) is 65.6 Å². The summed E-state index contributed by atoms with van der Waals surface area (Å²) in [6.07, 6.45) is 0.527. The number of benzene rings is 3. The minimum atomic E-state index is -3.89. The molecular weight excluding hydrogens is 518 g/mol. The van der Waals surface area contributed by atoms with E-state index < -0.39 is 10.0 Å². The van der Waals surface area contributed by atoms with E-state index in [4.69, 9.17) is 11.6 Å². The molecule has 0 radical (unpaired) electrons. The fourth-order valence-electron chi connectivity index (χ4n) is 5.26. The lowest BCUT2D eigenvalue weighted by atomic mass is 10.1. The van der Waals surface area contributed by atoms with Crippen LogP contribution in [0.5, 0.6) is 0 Å². The molecule has 0 bridgehead atoms. The van der Waals surface area contributed by atoms with Crippen molar-refractivity contribution in [2.24, 2.45) is 0 Å². The van der Waals surface area contributed by atoms with Gasteiger partial charge in [0.05, 0.1) is 11.4 Å².